The van der Waals surface area contributed by atoms with Crippen molar-refractivity contribution in [3.63, 3.8) is 0 Å². The van der Waals surface area contributed by atoms with Gasteiger partial charge in [-0.2, -0.15) is 5.10 Å². The van der Waals surface area contributed by atoms with E-state index in [9.17, 15) is 4.57 Å². The minimum Gasteiger partial charge on any atom is -0.303 e. The lowest BCUT2D eigenvalue weighted by Crippen LogP contribution is -2.24. The van der Waals surface area contributed by atoms with Gasteiger partial charge in [0.1, 0.15) is 18.6 Å². The van der Waals surface area contributed by atoms with E-state index in [0.717, 1.165) is 5.69 Å². The van der Waals surface area contributed by atoms with Crippen LogP contribution in [0.2, 0.25) is 0 Å². The van der Waals surface area contributed by atoms with Gasteiger partial charge in [-0.15, -0.1) is 0 Å². The number of hydrogen-bond donors (Lipinski definition) is 3. The van der Waals surface area contributed by atoms with Crippen LogP contribution >= 0.6 is 7.82 Å². The van der Waals surface area contributed by atoms with Crippen molar-refractivity contribution in [3.8, 4) is 0 Å². The summed E-state index contributed by atoms with van der Waals surface area (Å²) >= 11 is 0. The van der Waals surface area contributed by atoms with Gasteiger partial charge in [0.2, 0.25) is 0 Å². The van der Waals surface area contributed by atoms with Crippen molar-refractivity contribution in [2.24, 2.45) is 0 Å². The highest BCUT2D eigenvalue weighted by Crippen LogP contribution is 2.35. The molecule has 0 aliphatic rings. The third kappa shape index (κ3) is 2.45. The van der Waals surface area contributed by atoms with Crippen molar-refractivity contribution < 1.29 is 18.9 Å². The van der Waals surface area contributed by atoms with E-state index in [1.807, 2.05) is 6.92 Å². The van der Waals surface area contributed by atoms with Crippen LogP contribution in [0.3, 0.4) is 0 Å². The Bertz CT molecular complexity index is 655. The van der Waals surface area contributed by atoms with Crippen LogP contribution < -0.4 is 5.49 Å². The Morgan fingerprint density at radius 3 is 2.88 bits per heavy atom. The minimum atomic E-state index is -4.54. The highest BCUT2D eigenvalue weighted by Gasteiger charge is 2.14. The molecular weight excluding hydrogens is 247 g/mol. The van der Waals surface area contributed by atoms with E-state index in [1.165, 1.54) is 10.9 Å². The summed E-state index contributed by atoms with van der Waals surface area (Å²) in [6.07, 6.45) is 1.29. The zero-order valence-electron chi connectivity index (χ0n) is 8.94. The van der Waals surface area contributed by atoms with Crippen LogP contribution in [0.1, 0.15) is 5.69 Å². The standard InChI is InChI=1S/C8H11N4O4P/c1-6-2-3-7-8(9)11(4-10-12(6)7)5-16-17(13,14)15/h2-4,9H,5H2,1H3,(H2,13,14,15). The first-order valence-corrected chi connectivity index (χ1v) is 6.20. The summed E-state index contributed by atoms with van der Waals surface area (Å²) in [5.74, 6) is 0. The highest BCUT2D eigenvalue weighted by atomic mass is 31.2. The van der Waals surface area contributed by atoms with Crippen molar-refractivity contribution in [1.82, 2.24) is 14.2 Å². The molecule has 9 heteroatoms. The Balaban J connectivity index is 2.40. The lowest BCUT2D eigenvalue weighted by Gasteiger charge is -2.09. The van der Waals surface area contributed by atoms with E-state index in [1.54, 1.807) is 16.6 Å². The predicted molar refractivity (Wildman–Crippen MR) is 56.9 cm³/mol. The van der Waals surface area contributed by atoms with Crippen molar-refractivity contribution in [2.45, 2.75) is 13.7 Å². The average molecular weight is 258 g/mol. The second kappa shape index (κ2) is 4.08. The summed E-state index contributed by atoms with van der Waals surface area (Å²) in [7, 11) is -4.54. The van der Waals surface area contributed by atoms with Crippen molar-refractivity contribution in [2.75, 3.05) is 0 Å². The van der Waals surface area contributed by atoms with Gasteiger partial charge in [0.15, 0.2) is 5.49 Å². The molecule has 3 N–H and O–H groups in total. The Morgan fingerprint density at radius 1 is 1.53 bits per heavy atom. The molecule has 2 rings (SSSR count). The Hall–Kier alpha value is -1.47. The van der Waals surface area contributed by atoms with Crippen LogP contribution in [0, 0.1) is 12.3 Å². The second-order valence-corrected chi connectivity index (χ2v) is 4.71. The minimum absolute atomic E-state index is 0.0709. The fourth-order valence-electron chi connectivity index (χ4n) is 1.42. The molecule has 0 aliphatic carbocycles. The fraction of sp³-hybridized carbons (Fsp3) is 0.250. The van der Waals surface area contributed by atoms with Crippen LogP contribution in [0.25, 0.3) is 5.52 Å². The molecule has 0 bridgehead atoms. The summed E-state index contributed by atoms with van der Waals surface area (Å²) in [5.41, 5.74) is 1.48. The number of phosphoric acid groups is 1. The van der Waals surface area contributed by atoms with E-state index in [2.05, 4.69) is 9.62 Å². The molecule has 17 heavy (non-hydrogen) atoms. The molecule has 0 radical (unpaired) electrons. The predicted octanol–water partition coefficient (Wildman–Crippen LogP) is -0.00951. The van der Waals surface area contributed by atoms with Gasteiger partial charge < -0.3 is 9.79 Å². The van der Waals surface area contributed by atoms with E-state index in [-0.39, 0.29) is 5.49 Å². The smallest absolute Gasteiger partial charge is 0.303 e. The molecular formula is C8H11N4O4P. The summed E-state index contributed by atoms with van der Waals surface area (Å²) in [4.78, 5) is 17.2. The number of nitrogens with zero attached hydrogens (tertiary/aromatic N) is 3. The Labute approximate surface area is 95.8 Å². The molecule has 0 aliphatic heterocycles. The molecule has 0 unspecified atom stereocenters. The van der Waals surface area contributed by atoms with E-state index >= 15 is 0 Å². The zero-order chi connectivity index (χ0) is 12.6. The molecule has 92 valence electrons. The number of rotatable bonds is 3. The number of phosphoric ester groups is 1. The summed E-state index contributed by atoms with van der Waals surface area (Å²) < 4.78 is 17.6. The molecule has 0 saturated carbocycles. The van der Waals surface area contributed by atoms with E-state index in [0.29, 0.717) is 5.52 Å². The summed E-state index contributed by atoms with van der Waals surface area (Å²) in [5, 5.41) is 11.9. The maximum absolute atomic E-state index is 10.6. The third-order valence-corrected chi connectivity index (χ3v) is 2.70. The molecule has 2 heterocycles. The van der Waals surface area contributed by atoms with Crippen molar-refractivity contribution in [1.29, 1.82) is 5.41 Å². The van der Waals surface area contributed by atoms with Crippen molar-refractivity contribution in [3.05, 3.63) is 29.6 Å². The van der Waals surface area contributed by atoms with Crippen molar-refractivity contribution >= 4 is 13.3 Å². The molecule has 0 fully saturated rings. The molecule has 0 spiro atoms. The lowest BCUT2D eigenvalue weighted by molar-refractivity contribution is 0.149. The molecule has 2 aromatic heterocycles. The van der Waals surface area contributed by atoms with Gasteiger partial charge in [0, 0.05) is 5.69 Å². The lowest BCUT2D eigenvalue weighted by atomic mass is 10.5. The molecule has 0 atom stereocenters. The summed E-state index contributed by atoms with van der Waals surface area (Å²) in [6.45, 7) is 1.42. The number of fused-ring (bicyclic) bond motifs is 1. The molecule has 0 aromatic carbocycles. The van der Waals surface area contributed by atoms with Gasteiger partial charge in [0.05, 0.1) is 0 Å². The third-order valence-electron chi connectivity index (χ3n) is 2.25. The van der Waals surface area contributed by atoms with Crippen LogP contribution in [0.4, 0.5) is 0 Å². The van der Waals surface area contributed by atoms with Gasteiger partial charge in [-0.25, -0.2) is 9.08 Å². The normalized spacial score (nSPS) is 12.2. The number of hydrogen-bond acceptors (Lipinski definition) is 4. The number of aryl methyl sites for hydroxylation is 1. The monoisotopic (exact) mass is 258 g/mol. The van der Waals surface area contributed by atoms with Gasteiger partial charge in [0.25, 0.3) is 0 Å². The molecule has 2 aromatic rings. The molecule has 0 saturated heterocycles. The fourth-order valence-corrected chi connectivity index (χ4v) is 1.69. The number of aromatic nitrogens is 3. The maximum atomic E-state index is 10.6. The Morgan fingerprint density at radius 2 is 2.24 bits per heavy atom. The van der Waals surface area contributed by atoms with Crippen LogP contribution in [-0.4, -0.2) is 24.0 Å². The largest absolute Gasteiger partial charge is 0.471 e. The topological polar surface area (TPSA) is 113 Å². The SMILES string of the molecule is Cc1ccc2c(=N)n(COP(=O)(O)O)cnn12. The highest BCUT2D eigenvalue weighted by molar-refractivity contribution is 7.46. The van der Waals surface area contributed by atoms with Gasteiger partial charge in [-0.1, -0.05) is 0 Å². The van der Waals surface area contributed by atoms with Crippen LogP contribution in [0.15, 0.2) is 18.5 Å². The van der Waals surface area contributed by atoms with Crippen LogP contribution in [0.5, 0.6) is 0 Å². The van der Waals surface area contributed by atoms with Gasteiger partial charge in [-0.3, -0.25) is 14.5 Å². The zero-order valence-corrected chi connectivity index (χ0v) is 9.83. The molecule has 0 amide bonds. The maximum Gasteiger partial charge on any atom is 0.471 e. The number of nitrogens with one attached hydrogen (secondary N) is 1. The van der Waals surface area contributed by atoms with Gasteiger partial charge in [-0.05, 0) is 19.1 Å². The van der Waals surface area contributed by atoms with Crippen LogP contribution in [-0.2, 0) is 15.8 Å². The first-order valence-electron chi connectivity index (χ1n) is 4.67. The quantitative estimate of drug-likeness (QED) is 0.670. The van der Waals surface area contributed by atoms with E-state index < -0.39 is 14.6 Å². The Kier molecular flexibility index (Phi) is 2.88. The molecule has 8 nitrogen and oxygen atoms in total. The summed E-state index contributed by atoms with van der Waals surface area (Å²) in [6, 6.07) is 3.51. The van der Waals surface area contributed by atoms with Gasteiger partial charge >= 0.3 is 7.82 Å². The first kappa shape index (κ1) is 12.0. The average Bonchev–Trinajstić information content (AvgIpc) is 2.59. The second-order valence-electron chi connectivity index (χ2n) is 3.47. The first-order chi connectivity index (χ1) is 7.88. The van der Waals surface area contributed by atoms with E-state index in [4.69, 9.17) is 15.2 Å².